The molecule has 1 aliphatic rings. The molecular formula is C7H14O6. The molecule has 0 radical (unpaired) electrons. The van der Waals surface area contributed by atoms with Crippen molar-refractivity contribution in [2.75, 3.05) is 13.7 Å². The Labute approximate surface area is 75.3 Å². The molecule has 0 spiro atoms. The first-order valence-electron chi connectivity index (χ1n) is 3.95. The van der Waals surface area contributed by atoms with Crippen molar-refractivity contribution in [1.82, 2.24) is 0 Å². The van der Waals surface area contributed by atoms with Crippen molar-refractivity contribution in [2.24, 2.45) is 0 Å². The van der Waals surface area contributed by atoms with Gasteiger partial charge >= 0.3 is 0 Å². The van der Waals surface area contributed by atoms with Crippen LogP contribution in [0.3, 0.4) is 0 Å². The average Bonchev–Trinajstić information content (AvgIpc) is 2.15. The van der Waals surface area contributed by atoms with Crippen molar-refractivity contribution in [3.05, 3.63) is 0 Å². The summed E-state index contributed by atoms with van der Waals surface area (Å²) in [6.07, 6.45) is -5.91. The first kappa shape index (κ1) is 10.8. The molecule has 1 rings (SSSR count). The largest absolute Gasteiger partial charge is 0.394 e. The second kappa shape index (κ2) is 4.32. The quantitative estimate of drug-likeness (QED) is 0.362. The summed E-state index contributed by atoms with van der Waals surface area (Å²) in [6, 6.07) is 0. The molecule has 6 heteroatoms. The van der Waals surface area contributed by atoms with E-state index in [4.69, 9.17) is 14.6 Å². The zero-order valence-electron chi connectivity index (χ0n) is 7.20. The molecule has 1 fully saturated rings. The highest BCUT2D eigenvalue weighted by Crippen LogP contribution is 2.20. The summed E-state index contributed by atoms with van der Waals surface area (Å²) in [5, 5.41) is 36.6. The lowest BCUT2D eigenvalue weighted by molar-refractivity contribution is -0.294. The predicted molar refractivity (Wildman–Crippen MR) is 40.8 cm³/mol. The van der Waals surface area contributed by atoms with E-state index in [0.29, 0.717) is 0 Å². The van der Waals surface area contributed by atoms with Crippen LogP contribution in [0.4, 0.5) is 0 Å². The minimum Gasteiger partial charge on any atom is -0.394 e. The lowest BCUT2D eigenvalue weighted by atomic mass is 10.00. The smallest absolute Gasteiger partial charge is 0.186 e. The van der Waals surface area contributed by atoms with E-state index < -0.39 is 37.3 Å². The van der Waals surface area contributed by atoms with Crippen LogP contribution < -0.4 is 0 Å². The molecule has 0 saturated carbocycles. The Kier molecular flexibility index (Phi) is 3.60. The highest BCUT2D eigenvalue weighted by molar-refractivity contribution is 4.88. The molecule has 5 atom stereocenters. The van der Waals surface area contributed by atoms with Gasteiger partial charge in [0.2, 0.25) is 0 Å². The summed E-state index contributed by atoms with van der Waals surface area (Å²) in [4.78, 5) is 0. The van der Waals surface area contributed by atoms with Gasteiger partial charge in [-0.1, -0.05) is 0 Å². The second-order valence-electron chi connectivity index (χ2n) is 2.93. The van der Waals surface area contributed by atoms with Crippen LogP contribution >= 0.6 is 0 Å². The van der Waals surface area contributed by atoms with Crippen LogP contribution in [0.5, 0.6) is 0 Å². The summed E-state index contributed by atoms with van der Waals surface area (Å²) in [7, 11) is 1.30. The molecule has 13 heavy (non-hydrogen) atoms. The Balaban J connectivity index is 2.66. The summed E-state index contributed by atoms with van der Waals surface area (Å²) in [6.45, 7) is -0.440. The molecule has 6 nitrogen and oxygen atoms in total. The number of hydrogen-bond donors (Lipinski definition) is 4. The molecule has 1 aliphatic heterocycles. The maximum Gasteiger partial charge on any atom is 0.186 e. The van der Waals surface area contributed by atoms with E-state index in [1.807, 2.05) is 0 Å². The first-order valence-corrected chi connectivity index (χ1v) is 3.95. The third-order valence-corrected chi connectivity index (χ3v) is 2.08. The molecule has 0 aromatic rings. The molecule has 5 unspecified atom stereocenters. The number of methoxy groups -OCH3 is 1. The lowest BCUT2D eigenvalue weighted by Crippen LogP contribution is -2.58. The Morgan fingerprint density at radius 2 is 1.85 bits per heavy atom. The van der Waals surface area contributed by atoms with Gasteiger partial charge in [0, 0.05) is 7.11 Å². The SMILES string of the molecule is COC1OC(C[18OH])C(O)C(O)C1O. The van der Waals surface area contributed by atoms with Crippen molar-refractivity contribution in [2.45, 2.75) is 30.7 Å². The first-order chi connectivity index (χ1) is 6.11. The van der Waals surface area contributed by atoms with Crippen LogP contribution in [0, 0.1) is 0 Å². The Morgan fingerprint density at radius 3 is 2.31 bits per heavy atom. The van der Waals surface area contributed by atoms with Crippen LogP contribution in [0.2, 0.25) is 0 Å². The number of hydrogen-bond acceptors (Lipinski definition) is 6. The normalized spacial score (nSPS) is 46.4. The second-order valence-corrected chi connectivity index (χ2v) is 2.93. The molecule has 0 amide bonds. The minimum absolute atomic E-state index is 0.440. The molecular weight excluding hydrogens is 182 g/mol. The topological polar surface area (TPSA) is 99.4 Å². The highest BCUT2D eigenvalue weighted by Gasteiger charge is 2.43. The predicted octanol–water partition coefficient (Wildman–Crippen LogP) is -2.57. The van der Waals surface area contributed by atoms with Crippen LogP contribution in [0.1, 0.15) is 0 Å². The van der Waals surface area contributed by atoms with Crippen LogP contribution in [0.15, 0.2) is 0 Å². The summed E-state index contributed by atoms with van der Waals surface area (Å²) in [5.41, 5.74) is 0. The van der Waals surface area contributed by atoms with E-state index in [9.17, 15) is 15.3 Å². The molecule has 1 heterocycles. The van der Waals surface area contributed by atoms with Gasteiger partial charge in [-0.2, -0.15) is 0 Å². The Hall–Kier alpha value is -0.240. The van der Waals surface area contributed by atoms with E-state index in [-0.39, 0.29) is 0 Å². The van der Waals surface area contributed by atoms with Gasteiger partial charge in [0.25, 0.3) is 0 Å². The van der Waals surface area contributed by atoms with Crippen molar-refractivity contribution >= 4 is 0 Å². The lowest BCUT2D eigenvalue weighted by Gasteiger charge is -2.38. The number of aliphatic hydroxyl groups excluding tert-OH is 4. The highest BCUT2D eigenvalue weighted by atomic mass is 18.2. The Morgan fingerprint density at radius 1 is 1.23 bits per heavy atom. The molecule has 1 saturated heterocycles. The van der Waals surface area contributed by atoms with Crippen molar-refractivity contribution in [3.8, 4) is 0 Å². The third kappa shape index (κ3) is 1.98. The number of rotatable bonds is 2. The van der Waals surface area contributed by atoms with Gasteiger partial charge in [0.15, 0.2) is 6.29 Å². The molecule has 0 aliphatic carbocycles. The van der Waals surface area contributed by atoms with Crippen molar-refractivity contribution in [1.29, 1.82) is 0 Å². The molecule has 78 valence electrons. The summed E-state index contributed by atoms with van der Waals surface area (Å²) in [5.74, 6) is 0. The zero-order valence-corrected chi connectivity index (χ0v) is 7.20. The molecule has 4 N–H and O–H groups in total. The average molecular weight is 196 g/mol. The summed E-state index contributed by atoms with van der Waals surface area (Å²) < 4.78 is 9.65. The number of aliphatic hydroxyl groups is 4. The van der Waals surface area contributed by atoms with Gasteiger partial charge < -0.3 is 29.9 Å². The zero-order chi connectivity index (χ0) is 10.0. The van der Waals surface area contributed by atoms with Gasteiger partial charge in [-0.3, -0.25) is 0 Å². The van der Waals surface area contributed by atoms with E-state index in [1.165, 1.54) is 7.11 Å². The van der Waals surface area contributed by atoms with E-state index in [1.54, 1.807) is 0 Å². The van der Waals surface area contributed by atoms with Gasteiger partial charge in [0.1, 0.15) is 24.4 Å². The standard InChI is InChI=1S/C7H14O6/c1-12-7-6(11)5(10)4(9)3(2-8)13-7/h3-11H,2H2,1H3/i8+2. The molecule has 0 aromatic heterocycles. The minimum atomic E-state index is -1.36. The maximum atomic E-state index is 9.28. The van der Waals surface area contributed by atoms with Gasteiger partial charge in [-0.15, -0.1) is 0 Å². The monoisotopic (exact) mass is 196 g/mol. The number of ether oxygens (including phenoxy) is 2. The van der Waals surface area contributed by atoms with Gasteiger partial charge in [-0.05, 0) is 0 Å². The van der Waals surface area contributed by atoms with E-state index in [0.717, 1.165) is 0 Å². The fraction of sp³-hybridized carbons (Fsp3) is 1.00. The van der Waals surface area contributed by atoms with Gasteiger partial charge in [-0.25, -0.2) is 0 Å². The maximum absolute atomic E-state index is 9.28. The van der Waals surface area contributed by atoms with Gasteiger partial charge in [0.05, 0.1) is 6.61 Å². The Bertz CT molecular complexity index is 143. The third-order valence-electron chi connectivity index (χ3n) is 2.08. The van der Waals surface area contributed by atoms with E-state index >= 15 is 0 Å². The van der Waals surface area contributed by atoms with E-state index in [2.05, 4.69) is 0 Å². The fourth-order valence-corrected chi connectivity index (χ4v) is 1.26. The fourth-order valence-electron chi connectivity index (χ4n) is 1.26. The van der Waals surface area contributed by atoms with Crippen LogP contribution in [0.25, 0.3) is 0 Å². The van der Waals surface area contributed by atoms with Crippen LogP contribution in [-0.2, 0) is 9.47 Å². The van der Waals surface area contributed by atoms with Crippen molar-refractivity contribution in [3.63, 3.8) is 0 Å². The summed E-state index contributed by atoms with van der Waals surface area (Å²) >= 11 is 0. The van der Waals surface area contributed by atoms with Crippen LogP contribution in [-0.4, -0.2) is 64.8 Å². The van der Waals surface area contributed by atoms with Crippen molar-refractivity contribution < 1.29 is 29.9 Å². The molecule has 0 bridgehead atoms. The molecule has 0 aromatic carbocycles.